The van der Waals surface area contributed by atoms with Crippen LogP contribution in [0.3, 0.4) is 0 Å². The Kier molecular flexibility index (Phi) is 4.56. The molecule has 3 heteroatoms. The molecule has 15 heavy (non-hydrogen) atoms. The van der Waals surface area contributed by atoms with Crippen LogP contribution in [0.25, 0.3) is 0 Å². The Hall–Kier alpha value is -0.120. The van der Waals surface area contributed by atoms with Crippen molar-refractivity contribution in [3.63, 3.8) is 0 Å². The zero-order chi connectivity index (χ0) is 11.5. The van der Waals surface area contributed by atoms with Crippen molar-refractivity contribution in [2.45, 2.75) is 58.2 Å². The minimum absolute atomic E-state index is 0.0225. The van der Waals surface area contributed by atoms with Gasteiger partial charge in [0.25, 0.3) is 0 Å². The highest BCUT2D eigenvalue weighted by Gasteiger charge is 2.30. The monoisotopic (exact) mass is 214 g/mol. The standard InChI is InChI=1S/C12H26N2O/c1-5-12(13,6-2)9-14-7-11(4)15-8-10(14)3/h10-11H,5-9,13H2,1-4H3. The molecule has 1 rings (SSSR count). The fraction of sp³-hybridized carbons (Fsp3) is 1.00. The summed E-state index contributed by atoms with van der Waals surface area (Å²) in [5.41, 5.74) is 6.33. The van der Waals surface area contributed by atoms with Crippen LogP contribution in [0.1, 0.15) is 40.5 Å². The Bertz CT molecular complexity index is 192. The lowest BCUT2D eigenvalue weighted by atomic mass is 9.92. The number of nitrogens with zero attached hydrogens (tertiary/aromatic N) is 1. The van der Waals surface area contributed by atoms with Crippen molar-refractivity contribution in [2.75, 3.05) is 19.7 Å². The molecule has 0 aliphatic carbocycles. The smallest absolute Gasteiger partial charge is 0.0674 e. The van der Waals surface area contributed by atoms with E-state index >= 15 is 0 Å². The van der Waals surface area contributed by atoms with Gasteiger partial charge in [0.1, 0.15) is 0 Å². The third-order valence-electron chi connectivity index (χ3n) is 3.66. The molecule has 0 saturated carbocycles. The predicted octanol–water partition coefficient (Wildman–Crippen LogP) is 1.61. The van der Waals surface area contributed by atoms with Crippen LogP contribution in [0, 0.1) is 0 Å². The summed E-state index contributed by atoms with van der Waals surface area (Å²) in [6.45, 7) is 11.6. The Morgan fingerprint density at radius 3 is 2.47 bits per heavy atom. The maximum Gasteiger partial charge on any atom is 0.0674 e. The summed E-state index contributed by atoms with van der Waals surface area (Å²) in [6, 6.07) is 0.502. The molecule has 0 aromatic rings. The fourth-order valence-corrected chi connectivity index (χ4v) is 2.07. The van der Waals surface area contributed by atoms with E-state index < -0.39 is 0 Å². The summed E-state index contributed by atoms with van der Waals surface area (Å²) in [6.07, 6.45) is 2.43. The van der Waals surface area contributed by atoms with Gasteiger partial charge in [-0.1, -0.05) is 13.8 Å². The minimum atomic E-state index is -0.0225. The number of nitrogens with two attached hydrogens (primary N) is 1. The van der Waals surface area contributed by atoms with Crippen molar-refractivity contribution in [3.05, 3.63) is 0 Å². The highest BCUT2D eigenvalue weighted by molar-refractivity contribution is 4.88. The van der Waals surface area contributed by atoms with E-state index in [2.05, 4.69) is 32.6 Å². The van der Waals surface area contributed by atoms with Gasteiger partial charge in [-0.05, 0) is 26.7 Å². The molecule has 0 bridgehead atoms. The molecule has 90 valence electrons. The average molecular weight is 214 g/mol. The molecule has 2 unspecified atom stereocenters. The molecule has 0 amide bonds. The van der Waals surface area contributed by atoms with Crippen LogP contribution >= 0.6 is 0 Å². The maximum atomic E-state index is 6.35. The molecular formula is C12H26N2O. The lowest BCUT2D eigenvalue weighted by Gasteiger charge is -2.41. The number of ether oxygens (including phenoxy) is 1. The fourth-order valence-electron chi connectivity index (χ4n) is 2.07. The third-order valence-corrected chi connectivity index (χ3v) is 3.66. The van der Waals surface area contributed by atoms with Crippen LogP contribution < -0.4 is 5.73 Å². The Balaban J connectivity index is 2.54. The number of rotatable bonds is 4. The van der Waals surface area contributed by atoms with Crippen LogP contribution in [0.5, 0.6) is 0 Å². The van der Waals surface area contributed by atoms with Gasteiger partial charge in [0, 0.05) is 24.7 Å². The molecule has 0 radical (unpaired) electrons. The summed E-state index contributed by atoms with van der Waals surface area (Å²) < 4.78 is 5.62. The highest BCUT2D eigenvalue weighted by Crippen LogP contribution is 2.18. The molecule has 0 aromatic heterocycles. The van der Waals surface area contributed by atoms with Gasteiger partial charge in [-0.25, -0.2) is 0 Å². The highest BCUT2D eigenvalue weighted by atomic mass is 16.5. The predicted molar refractivity (Wildman–Crippen MR) is 63.9 cm³/mol. The van der Waals surface area contributed by atoms with Gasteiger partial charge in [0.05, 0.1) is 12.7 Å². The topological polar surface area (TPSA) is 38.5 Å². The second-order valence-corrected chi connectivity index (χ2v) is 4.99. The molecule has 3 nitrogen and oxygen atoms in total. The second kappa shape index (κ2) is 5.28. The van der Waals surface area contributed by atoms with Crippen LogP contribution in [0.15, 0.2) is 0 Å². The first-order valence-corrected chi connectivity index (χ1v) is 6.15. The molecule has 1 aliphatic rings. The zero-order valence-electron chi connectivity index (χ0n) is 10.6. The van der Waals surface area contributed by atoms with Crippen molar-refractivity contribution in [3.8, 4) is 0 Å². The molecule has 0 spiro atoms. The molecular weight excluding hydrogens is 188 g/mol. The lowest BCUT2D eigenvalue weighted by molar-refractivity contribution is -0.0565. The number of hydrogen-bond acceptors (Lipinski definition) is 3. The molecule has 0 aromatic carbocycles. The second-order valence-electron chi connectivity index (χ2n) is 4.99. The molecule has 1 aliphatic heterocycles. The van der Waals surface area contributed by atoms with Crippen molar-refractivity contribution in [1.82, 2.24) is 4.90 Å². The normalized spacial score (nSPS) is 29.4. The molecule has 2 N–H and O–H groups in total. The Labute approximate surface area is 94.0 Å². The van der Waals surface area contributed by atoms with E-state index in [0.29, 0.717) is 12.1 Å². The first kappa shape index (κ1) is 12.9. The van der Waals surface area contributed by atoms with Crippen LogP contribution in [-0.4, -0.2) is 42.3 Å². The summed E-state index contributed by atoms with van der Waals surface area (Å²) in [4.78, 5) is 2.47. The van der Waals surface area contributed by atoms with Gasteiger partial charge < -0.3 is 10.5 Å². The average Bonchev–Trinajstić information content (AvgIpc) is 2.23. The van der Waals surface area contributed by atoms with Gasteiger partial charge in [-0.15, -0.1) is 0 Å². The molecule has 1 saturated heterocycles. The van der Waals surface area contributed by atoms with Crippen LogP contribution in [0.2, 0.25) is 0 Å². The summed E-state index contributed by atoms with van der Waals surface area (Å²) in [7, 11) is 0. The van der Waals surface area contributed by atoms with Gasteiger partial charge in [-0.2, -0.15) is 0 Å². The van der Waals surface area contributed by atoms with Crippen molar-refractivity contribution in [1.29, 1.82) is 0 Å². The largest absolute Gasteiger partial charge is 0.376 e. The quantitative estimate of drug-likeness (QED) is 0.773. The van der Waals surface area contributed by atoms with Gasteiger partial charge in [0.2, 0.25) is 0 Å². The van der Waals surface area contributed by atoms with Crippen LogP contribution in [-0.2, 0) is 4.74 Å². The van der Waals surface area contributed by atoms with E-state index in [4.69, 9.17) is 10.5 Å². The number of hydrogen-bond donors (Lipinski definition) is 1. The summed E-state index contributed by atoms with van der Waals surface area (Å²) >= 11 is 0. The van der Waals surface area contributed by atoms with Crippen molar-refractivity contribution < 1.29 is 4.74 Å². The van der Waals surface area contributed by atoms with E-state index in [0.717, 1.165) is 32.5 Å². The van der Waals surface area contributed by atoms with Gasteiger partial charge in [-0.3, -0.25) is 4.90 Å². The van der Waals surface area contributed by atoms with E-state index in [1.54, 1.807) is 0 Å². The molecule has 1 heterocycles. The Morgan fingerprint density at radius 1 is 1.33 bits per heavy atom. The Morgan fingerprint density at radius 2 is 1.93 bits per heavy atom. The van der Waals surface area contributed by atoms with E-state index in [1.807, 2.05) is 0 Å². The molecule has 1 fully saturated rings. The number of morpholine rings is 1. The minimum Gasteiger partial charge on any atom is -0.376 e. The van der Waals surface area contributed by atoms with E-state index in [9.17, 15) is 0 Å². The van der Waals surface area contributed by atoms with Crippen molar-refractivity contribution >= 4 is 0 Å². The first-order chi connectivity index (χ1) is 7.00. The summed E-state index contributed by atoms with van der Waals surface area (Å²) in [5, 5.41) is 0. The van der Waals surface area contributed by atoms with E-state index in [-0.39, 0.29) is 5.54 Å². The zero-order valence-corrected chi connectivity index (χ0v) is 10.6. The van der Waals surface area contributed by atoms with Gasteiger partial charge in [0.15, 0.2) is 0 Å². The van der Waals surface area contributed by atoms with Crippen LogP contribution in [0.4, 0.5) is 0 Å². The van der Waals surface area contributed by atoms with Crippen molar-refractivity contribution in [2.24, 2.45) is 5.73 Å². The van der Waals surface area contributed by atoms with Gasteiger partial charge >= 0.3 is 0 Å². The molecule has 2 atom stereocenters. The van der Waals surface area contributed by atoms with E-state index in [1.165, 1.54) is 0 Å². The maximum absolute atomic E-state index is 6.35. The third kappa shape index (κ3) is 3.44. The lowest BCUT2D eigenvalue weighted by Crippen LogP contribution is -2.56. The first-order valence-electron chi connectivity index (χ1n) is 6.15. The SMILES string of the molecule is CCC(N)(CC)CN1CC(C)OCC1C. The summed E-state index contributed by atoms with van der Waals surface area (Å²) in [5.74, 6) is 0.